The minimum atomic E-state index is -0.705. The molecule has 2 N–H and O–H groups in total. The highest BCUT2D eigenvalue weighted by molar-refractivity contribution is 5.66. The maximum atomic E-state index is 10.5. The summed E-state index contributed by atoms with van der Waals surface area (Å²) in [5.41, 5.74) is 0.0947. The highest BCUT2D eigenvalue weighted by Crippen LogP contribution is 2.16. The van der Waals surface area contributed by atoms with Crippen LogP contribution in [0.1, 0.15) is 33.6 Å². The predicted molar refractivity (Wildman–Crippen MR) is 60.0 cm³/mol. The third-order valence-corrected chi connectivity index (χ3v) is 2.85. The van der Waals surface area contributed by atoms with Crippen molar-refractivity contribution in [3.05, 3.63) is 0 Å². The lowest BCUT2D eigenvalue weighted by atomic mass is 9.96. The molecular weight excluding hydrogens is 192 g/mol. The number of aliphatic carboxylic acids is 1. The maximum absolute atomic E-state index is 10.5. The number of carboxylic acid groups (broad SMARTS) is 1. The molecule has 88 valence electrons. The summed E-state index contributed by atoms with van der Waals surface area (Å²) < 4.78 is 0. The molecule has 1 unspecified atom stereocenters. The molecule has 0 saturated carbocycles. The second-order valence-corrected chi connectivity index (χ2v) is 4.99. The summed E-state index contributed by atoms with van der Waals surface area (Å²) in [6, 6.07) is 0.310. The Labute approximate surface area is 91.6 Å². The summed E-state index contributed by atoms with van der Waals surface area (Å²) in [4.78, 5) is 12.9. The van der Waals surface area contributed by atoms with Gasteiger partial charge in [0.15, 0.2) is 0 Å². The number of hydrogen-bond donors (Lipinski definition) is 2. The predicted octanol–water partition coefficient (Wildman–Crippen LogP) is 0.923. The third-order valence-electron chi connectivity index (χ3n) is 2.85. The van der Waals surface area contributed by atoms with E-state index in [1.54, 1.807) is 0 Å². The van der Waals surface area contributed by atoms with Crippen molar-refractivity contribution in [2.75, 3.05) is 19.6 Å². The third kappa shape index (κ3) is 4.18. The van der Waals surface area contributed by atoms with E-state index in [2.05, 4.69) is 31.0 Å². The molecule has 0 amide bonds. The van der Waals surface area contributed by atoms with E-state index >= 15 is 0 Å². The summed E-state index contributed by atoms with van der Waals surface area (Å²) in [6.45, 7) is 9.52. The van der Waals surface area contributed by atoms with E-state index < -0.39 is 5.97 Å². The van der Waals surface area contributed by atoms with E-state index in [4.69, 9.17) is 5.11 Å². The van der Waals surface area contributed by atoms with Gasteiger partial charge in [0, 0.05) is 31.1 Å². The first kappa shape index (κ1) is 12.5. The fourth-order valence-corrected chi connectivity index (χ4v) is 2.28. The normalized spacial score (nSPS) is 26.5. The number of rotatable bonds is 4. The van der Waals surface area contributed by atoms with Crippen LogP contribution in [0, 0.1) is 0 Å². The van der Waals surface area contributed by atoms with Gasteiger partial charge < -0.3 is 15.3 Å². The van der Waals surface area contributed by atoms with Crippen molar-refractivity contribution in [1.29, 1.82) is 0 Å². The average molecular weight is 214 g/mol. The standard InChI is InChI=1S/C11H22N2O2/c1-4-13-7-9(5-6-10(14)15)12-11(2,3)8-13/h9,12H,4-8H2,1-3H3,(H,14,15). The molecule has 0 radical (unpaired) electrons. The molecule has 1 aliphatic heterocycles. The molecule has 1 aliphatic rings. The van der Waals surface area contributed by atoms with Gasteiger partial charge in [0.25, 0.3) is 0 Å². The van der Waals surface area contributed by atoms with Crippen molar-refractivity contribution < 1.29 is 9.90 Å². The fraction of sp³-hybridized carbons (Fsp3) is 0.909. The SMILES string of the molecule is CCN1CC(CCC(=O)O)NC(C)(C)C1. The molecule has 1 rings (SSSR count). The summed E-state index contributed by atoms with van der Waals surface area (Å²) in [5.74, 6) is -0.705. The second-order valence-electron chi connectivity index (χ2n) is 4.99. The lowest BCUT2D eigenvalue weighted by Gasteiger charge is -2.43. The van der Waals surface area contributed by atoms with Gasteiger partial charge in [-0.25, -0.2) is 0 Å². The Morgan fingerprint density at radius 1 is 1.60 bits per heavy atom. The Balaban J connectivity index is 2.47. The van der Waals surface area contributed by atoms with Crippen molar-refractivity contribution in [2.45, 2.75) is 45.2 Å². The summed E-state index contributed by atoms with van der Waals surface area (Å²) in [6.07, 6.45) is 0.973. The molecule has 1 heterocycles. The van der Waals surface area contributed by atoms with Gasteiger partial charge in [-0.15, -0.1) is 0 Å². The maximum Gasteiger partial charge on any atom is 0.303 e. The van der Waals surface area contributed by atoms with Crippen molar-refractivity contribution in [1.82, 2.24) is 10.2 Å². The lowest BCUT2D eigenvalue weighted by Crippen LogP contribution is -2.61. The van der Waals surface area contributed by atoms with Crippen molar-refractivity contribution in [2.24, 2.45) is 0 Å². The van der Waals surface area contributed by atoms with Crippen molar-refractivity contribution >= 4 is 5.97 Å². The quantitative estimate of drug-likeness (QED) is 0.731. The molecule has 1 atom stereocenters. The number of carboxylic acids is 1. The van der Waals surface area contributed by atoms with Gasteiger partial charge in [-0.3, -0.25) is 4.79 Å². The number of nitrogens with one attached hydrogen (secondary N) is 1. The molecular formula is C11H22N2O2. The Hall–Kier alpha value is -0.610. The van der Waals surface area contributed by atoms with E-state index in [9.17, 15) is 4.79 Å². The number of nitrogens with zero attached hydrogens (tertiary/aromatic N) is 1. The van der Waals surface area contributed by atoms with Gasteiger partial charge in [-0.05, 0) is 26.8 Å². The van der Waals surface area contributed by atoms with E-state index in [-0.39, 0.29) is 12.0 Å². The van der Waals surface area contributed by atoms with Crippen LogP contribution in [0.15, 0.2) is 0 Å². The number of hydrogen-bond acceptors (Lipinski definition) is 3. The summed E-state index contributed by atoms with van der Waals surface area (Å²) >= 11 is 0. The van der Waals surface area contributed by atoms with Gasteiger partial charge in [0.2, 0.25) is 0 Å². The van der Waals surface area contributed by atoms with Gasteiger partial charge >= 0.3 is 5.97 Å². The monoisotopic (exact) mass is 214 g/mol. The van der Waals surface area contributed by atoms with Crippen LogP contribution in [-0.2, 0) is 4.79 Å². The van der Waals surface area contributed by atoms with Crippen LogP contribution in [0.2, 0.25) is 0 Å². The van der Waals surface area contributed by atoms with Crippen LogP contribution in [0.3, 0.4) is 0 Å². The number of piperazine rings is 1. The zero-order chi connectivity index (χ0) is 11.5. The smallest absolute Gasteiger partial charge is 0.303 e. The molecule has 0 bridgehead atoms. The molecule has 0 aromatic rings. The Morgan fingerprint density at radius 2 is 2.27 bits per heavy atom. The average Bonchev–Trinajstić information content (AvgIpc) is 2.12. The highest BCUT2D eigenvalue weighted by Gasteiger charge is 2.30. The van der Waals surface area contributed by atoms with E-state index in [0.717, 1.165) is 26.1 Å². The van der Waals surface area contributed by atoms with Crippen LogP contribution in [0.5, 0.6) is 0 Å². The molecule has 1 fully saturated rings. The van der Waals surface area contributed by atoms with Crippen LogP contribution >= 0.6 is 0 Å². The first-order valence-electron chi connectivity index (χ1n) is 5.65. The minimum Gasteiger partial charge on any atom is -0.481 e. The zero-order valence-corrected chi connectivity index (χ0v) is 9.92. The topological polar surface area (TPSA) is 52.6 Å². The molecule has 4 nitrogen and oxygen atoms in total. The molecule has 1 saturated heterocycles. The van der Waals surface area contributed by atoms with E-state index in [0.29, 0.717) is 6.04 Å². The molecule has 0 aromatic carbocycles. The van der Waals surface area contributed by atoms with Crippen LogP contribution < -0.4 is 5.32 Å². The Bertz CT molecular complexity index is 229. The van der Waals surface area contributed by atoms with Gasteiger partial charge in [-0.2, -0.15) is 0 Å². The number of carbonyl (C=O) groups is 1. The van der Waals surface area contributed by atoms with Crippen molar-refractivity contribution in [3.8, 4) is 0 Å². The summed E-state index contributed by atoms with van der Waals surface area (Å²) in [7, 11) is 0. The van der Waals surface area contributed by atoms with Gasteiger partial charge in [0.1, 0.15) is 0 Å². The molecule has 0 aliphatic carbocycles. The molecule has 0 aromatic heterocycles. The van der Waals surface area contributed by atoms with Gasteiger partial charge in [-0.1, -0.05) is 6.92 Å². The second kappa shape index (κ2) is 4.94. The first-order valence-corrected chi connectivity index (χ1v) is 5.65. The largest absolute Gasteiger partial charge is 0.481 e. The van der Waals surface area contributed by atoms with E-state index in [1.165, 1.54) is 0 Å². The highest BCUT2D eigenvalue weighted by atomic mass is 16.4. The molecule has 4 heteroatoms. The van der Waals surface area contributed by atoms with Gasteiger partial charge in [0.05, 0.1) is 0 Å². The summed E-state index contributed by atoms with van der Waals surface area (Å²) in [5, 5.41) is 12.2. The van der Waals surface area contributed by atoms with Crippen LogP contribution in [0.4, 0.5) is 0 Å². The number of likely N-dealkylation sites (N-methyl/N-ethyl adjacent to an activating group) is 1. The van der Waals surface area contributed by atoms with Crippen LogP contribution in [-0.4, -0.2) is 47.2 Å². The molecule has 15 heavy (non-hydrogen) atoms. The Morgan fingerprint density at radius 3 is 2.80 bits per heavy atom. The van der Waals surface area contributed by atoms with Crippen molar-refractivity contribution in [3.63, 3.8) is 0 Å². The first-order chi connectivity index (χ1) is 6.93. The fourth-order valence-electron chi connectivity index (χ4n) is 2.28. The minimum absolute atomic E-state index is 0.0947. The van der Waals surface area contributed by atoms with E-state index in [1.807, 2.05) is 0 Å². The zero-order valence-electron chi connectivity index (χ0n) is 9.92. The molecule has 0 spiro atoms. The van der Waals surface area contributed by atoms with Crippen LogP contribution in [0.25, 0.3) is 0 Å². The lowest BCUT2D eigenvalue weighted by molar-refractivity contribution is -0.137. The Kier molecular flexibility index (Phi) is 4.11.